The van der Waals surface area contributed by atoms with Crippen LogP contribution in [0.2, 0.25) is 0 Å². The van der Waals surface area contributed by atoms with E-state index in [-0.39, 0.29) is 36.3 Å². The summed E-state index contributed by atoms with van der Waals surface area (Å²) in [4.78, 5) is 44.3. The Balaban J connectivity index is 3.98. The van der Waals surface area contributed by atoms with Crippen molar-refractivity contribution in [1.29, 1.82) is 0 Å². The van der Waals surface area contributed by atoms with Crippen LogP contribution in [0, 0.1) is 0 Å². The van der Waals surface area contributed by atoms with E-state index in [1.807, 2.05) is 0 Å². The Morgan fingerprint density at radius 1 is 0.684 bits per heavy atom. The van der Waals surface area contributed by atoms with Crippen molar-refractivity contribution < 1.29 is 28.7 Å². The second-order valence-corrected chi connectivity index (χ2v) is 4.30. The fraction of sp³-hybridized carbons (Fsp3) is 0.692. The summed E-state index contributed by atoms with van der Waals surface area (Å²) in [7, 11) is 0. The number of Topliss-reactive ketones (excluding diaryl/α,β-unsaturated/α-hetero) is 4. The number of hydrogen-bond acceptors (Lipinski definition) is 6. The van der Waals surface area contributed by atoms with Crippen molar-refractivity contribution in [2.75, 3.05) is 13.2 Å². The Morgan fingerprint density at radius 2 is 0.947 bits per heavy atom. The maximum Gasteiger partial charge on any atom is 0.173 e. The van der Waals surface area contributed by atoms with Crippen molar-refractivity contribution in [3.8, 4) is 0 Å². The summed E-state index contributed by atoms with van der Waals surface area (Å²) >= 11 is 0. The van der Waals surface area contributed by atoms with Crippen LogP contribution in [-0.4, -0.2) is 48.6 Å². The van der Waals surface area contributed by atoms with Crippen molar-refractivity contribution >= 4 is 23.1 Å². The number of ketones is 4. The molecule has 0 aliphatic carbocycles. The van der Waals surface area contributed by atoms with Crippen LogP contribution in [-0.2, 0) is 28.7 Å². The summed E-state index contributed by atoms with van der Waals surface area (Å²) in [6.45, 7) is 5.42. The normalized spacial score (nSPS) is 10.8. The molecule has 0 heterocycles. The maximum absolute atomic E-state index is 11.1. The molecule has 0 aliphatic heterocycles. The molecule has 0 radical (unpaired) electrons. The van der Waals surface area contributed by atoms with Gasteiger partial charge in [-0.3, -0.25) is 19.2 Å². The van der Waals surface area contributed by atoms with Gasteiger partial charge in [-0.1, -0.05) is 0 Å². The van der Waals surface area contributed by atoms with Gasteiger partial charge in [0, 0.05) is 0 Å². The van der Waals surface area contributed by atoms with Crippen LogP contribution in [0.4, 0.5) is 0 Å². The van der Waals surface area contributed by atoms with Gasteiger partial charge in [-0.05, 0) is 34.1 Å². The van der Waals surface area contributed by atoms with Gasteiger partial charge < -0.3 is 9.47 Å². The lowest BCUT2D eigenvalue weighted by Gasteiger charge is -2.14. The van der Waals surface area contributed by atoms with Gasteiger partial charge in [-0.25, -0.2) is 0 Å². The molecule has 0 amide bonds. The highest BCUT2D eigenvalue weighted by molar-refractivity contribution is 6.03. The molecule has 0 fully saturated rings. The molecule has 6 nitrogen and oxygen atoms in total. The zero-order valence-electron chi connectivity index (χ0n) is 11.7. The Labute approximate surface area is 112 Å². The number of rotatable bonds is 10. The highest BCUT2D eigenvalue weighted by Crippen LogP contribution is 2.00. The van der Waals surface area contributed by atoms with Crippen molar-refractivity contribution in [3.63, 3.8) is 0 Å². The van der Waals surface area contributed by atoms with E-state index < -0.39 is 12.2 Å². The standard InChI is InChI=1S/C13H20O6/c1-8(14)12(9(2)15)18-6-5-7-19-13(10(3)16)11(4)17/h12-13H,5-7H2,1-4H3. The van der Waals surface area contributed by atoms with Crippen LogP contribution >= 0.6 is 0 Å². The minimum atomic E-state index is -1.04. The Bertz CT molecular complexity index is 298. The molecule has 0 atom stereocenters. The van der Waals surface area contributed by atoms with E-state index in [9.17, 15) is 19.2 Å². The van der Waals surface area contributed by atoms with Gasteiger partial charge in [0.15, 0.2) is 35.3 Å². The van der Waals surface area contributed by atoms with Gasteiger partial charge in [0.05, 0.1) is 13.2 Å². The van der Waals surface area contributed by atoms with Crippen molar-refractivity contribution in [3.05, 3.63) is 0 Å². The zero-order chi connectivity index (χ0) is 15.0. The molecule has 0 bridgehead atoms. The second-order valence-electron chi connectivity index (χ2n) is 4.30. The molecule has 0 aromatic carbocycles. The van der Waals surface area contributed by atoms with E-state index >= 15 is 0 Å². The lowest BCUT2D eigenvalue weighted by Crippen LogP contribution is -2.31. The quantitative estimate of drug-likeness (QED) is 0.425. The lowest BCUT2D eigenvalue weighted by atomic mass is 10.2. The lowest BCUT2D eigenvalue weighted by molar-refractivity contribution is -0.141. The van der Waals surface area contributed by atoms with Gasteiger partial charge >= 0.3 is 0 Å². The second kappa shape index (κ2) is 8.66. The van der Waals surface area contributed by atoms with Crippen LogP contribution in [0.15, 0.2) is 0 Å². The van der Waals surface area contributed by atoms with E-state index in [4.69, 9.17) is 9.47 Å². The number of carbonyl (C=O) groups is 4. The first-order valence-corrected chi connectivity index (χ1v) is 6.02. The average molecular weight is 272 g/mol. The highest BCUT2D eigenvalue weighted by Gasteiger charge is 2.21. The summed E-state index contributed by atoms with van der Waals surface area (Å²) < 4.78 is 10.2. The fourth-order valence-electron chi connectivity index (χ4n) is 1.50. The molecular formula is C13H20O6. The number of ether oxygens (including phenoxy) is 2. The fourth-order valence-corrected chi connectivity index (χ4v) is 1.50. The zero-order valence-corrected chi connectivity index (χ0v) is 11.7. The molecule has 0 unspecified atom stereocenters. The number of carbonyl (C=O) groups excluding carboxylic acids is 4. The molecular weight excluding hydrogens is 252 g/mol. The topological polar surface area (TPSA) is 86.7 Å². The monoisotopic (exact) mass is 272 g/mol. The third-order valence-corrected chi connectivity index (χ3v) is 2.33. The molecule has 0 aromatic heterocycles. The van der Waals surface area contributed by atoms with Gasteiger partial charge in [0.1, 0.15) is 0 Å². The summed E-state index contributed by atoms with van der Waals surface area (Å²) in [5.41, 5.74) is 0. The van der Waals surface area contributed by atoms with E-state index in [0.29, 0.717) is 6.42 Å². The summed E-state index contributed by atoms with van der Waals surface area (Å²) in [5, 5.41) is 0. The Morgan fingerprint density at radius 3 is 1.16 bits per heavy atom. The van der Waals surface area contributed by atoms with Gasteiger partial charge in [-0.15, -0.1) is 0 Å². The molecule has 0 aromatic rings. The van der Waals surface area contributed by atoms with Crippen LogP contribution in [0.1, 0.15) is 34.1 Å². The molecule has 0 rings (SSSR count). The van der Waals surface area contributed by atoms with Gasteiger partial charge in [-0.2, -0.15) is 0 Å². The first-order valence-electron chi connectivity index (χ1n) is 6.02. The molecule has 0 aliphatic rings. The van der Waals surface area contributed by atoms with Crippen molar-refractivity contribution in [2.24, 2.45) is 0 Å². The van der Waals surface area contributed by atoms with Gasteiger partial charge in [0.25, 0.3) is 0 Å². The van der Waals surface area contributed by atoms with E-state index in [2.05, 4.69) is 0 Å². The molecule has 0 spiro atoms. The third-order valence-electron chi connectivity index (χ3n) is 2.33. The average Bonchev–Trinajstić information content (AvgIpc) is 2.25. The van der Waals surface area contributed by atoms with Crippen molar-refractivity contribution in [2.45, 2.75) is 46.3 Å². The van der Waals surface area contributed by atoms with E-state index in [0.717, 1.165) is 0 Å². The first kappa shape index (κ1) is 17.6. The molecule has 108 valence electrons. The third kappa shape index (κ3) is 6.93. The molecule has 0 saturated carbocycles. The molecule has 6 heteroatoms. The SMILES string of the molecule is CC(=O)C(OCCCOC(C(C)=O)C(C)=O)C(C)=O. The Hall–Kier alpha value is -1.40. The van der Waals surface area contributed by atoms with E-state index in [1.54, 1.807) is 0 Å². The molecule has 0 saturated heterocycles. The maximum atomic E-state index is 11.1. The minimum absolute atomic E-state index is 0.145. The highest BCUT2D eigenvalue weighted by atomic mass is 16.5. The van der Waals surface area contributed by atoms with Crippen LogP contribution in [0.25, 0.3) is 0 Å². The van der Waals surface area contributed by atoms with Crippen LogP contribution < -0.4 is 0 Å². The van der Waals surface area contributed by atoms with Crippen LogP contribution in [0.3, 0.4) is 0 Å². The molecule has 0 N–H and O–H groups in total. The summed E-state index contributed by atoms with van der Waals surface area (Å²) in [6.07, 6.45) is -1.71. The largest absolute Gasteiger partial charge is 0.362 e. The summed E-state index contributed by atoms with van der Waals surface area (Å²) in [6, 6.07) is 0. The first-order chi connectivity index (χ1) is 8.77. The van der Waals surface area contributed by atoms with Crippen LogP contribution in [0.5, 0.6) is 0 Å². The predicted molar refractivity (Wildman–Crippen MR) is 66.8 cm³/mol. The summed E-state index contributed by atoms with van der Waals surface area (Å²) in [5.74, 6) is -1.39. The number of hydrogen-bond donors (Lipinski definition) is 0. The Kier molecular flexibility index (Phi) is 8.02. The van der Waals surface area contributed by atoms with Crippen molar-refractivity contribution in [1.82, 2.24) is 0 Å². The molecule has 19 heavy (non-hydrogen) atoms. The minimum Gasteiger partial charge on any atom is -0.362 e. The van der Waals surface area contributed by atoms with E-state index in [1.165, 1.54) is 27.7 Å². The van der Waals surface area contributed by atoms with Gasteiger partial charge in [0.2, 0.25) is 0 Å². The smallest absolute Gasteiger partial charge is 0.173 e. The predicted octanol–water partition coefficient (Wildman–Crippen LogP) is 0.503.